The number of methoxy groups -OCH3 is 1. The first-order valence-corrected chi connectivity index (χ1v) is 6.63. The molecule has 0 amide bonds. The van der Waals surface area contributed by atoms with Crippen molar-refractivity contribution in [1.82, 2.24) is 19.9 Å². The van der Waals surface area contributed by atoms with E-state index < -0.39 is 0 Å². The Labute approximate surface area is 125 Å². The van der Waals surface area contributed by atoms with Crippen LogP contribution in [-0.4, -0.2) is 59.1 Å². The highest BCUT2D eigenvalue weighted by molar-refractivity contribution is 5.71. The lowest BCUT2D eigenvalue weighted by Crippen LogP contribution is -2.44. The molecule has 1 heterocycles. The molecule has 8 nitrogen and oxygen atoms in total. The predicted molar refractivity (Wildman–Crippen MR) is 80.7 cm³/mol. The van der Waals surface area contributed by atoms with E-state index in [2.05, 4.69) is 15.0 Å². The van der Waals surface area contributed by atoms with E-state index in [1.807, 2.05) is 39.8 Å². The summed E-state index contributed by atoms with van der Waals surface area (Å²) >= 11 is 0. The van der Waals surface area contributed by atoms with Crippen LogP contribution in [0.15, 0.2) is 0 Å². The second-order valence-corrected chi connectivity index (χ2v) is 5.91. The van der Waals surface area contributed by atoms with Crippen molar-refractivity contribution >= 4 is 17.9 Å². The van der Waals surface area contributed by atoms with Gasteiger partial charge in [-0.15, -0.1) is 0 Å². The molecule has 0 aromatic carbocycles. The largest absolute Gasteiger partial charge is 0.468 e. The predicted octanol–water partition coefficient (Wildman–Crippen LogP) is 0.293. The Kier molecular flexibility index (Phi) is 5.42. The number of aromatic nitrogens is 3. The Bertz CT molecular complexity index is 498. The number of nitrogen functional groups attached to an aromatic ring is 1. The fourth-order valence-corrected chi connectivity index (χ4v) is 1.62. The van der Waals surface area contributed by atoms with Crippen LogP contribution < -0.4 is 10.6 Å². The molecule has 0 bridgehead atoms. The van der Waals surface area contributed by atoms with Crippen LogP contribution in [0.2, 0.25) is 0 Å². The Morgan fingerprint density at radius 1 is 1.24 bits per heavy atom. The monoisotopic (exact) mass is 296 g/mol. The number of nitrogens with zero attached hydrogens (tertiary/aromatic N) is 5. The maximum Gasteiger partial charge on any atom is 0.319 e. The molecule has 1 aromatic rings. The van der Waals surface area contributed by atoms with Crippen LogP contribution in [0.1, 0.15) is 26.6 Å². The van der Waals surface area contributed by atoms with Gasteiger partial charge in [-0.05, 0) is 20.8 Å². The molecule has 0 atom stereocenters. The lowest BCUT2D eigenvalue weighted by molar-refractivity contribution is -0.143. The van der Waals surface area contributed by atoms with Crippen molar-refractivity contribution in [2.24, 2.45) is 0 Å². The number of ether oxygens (including phenoxy) is 1. The maximum absolute atomic E-state index is 11.6. The fraction of sp³-hybridized carbons (Fsp3) is 0.692. The number of esters is 1. The van der Waals surface area contributed by atoms with Crippen LogP contribution in [-0.2, 0) is 16.1 Å². The zero-order chi connectivity index (χ0) is 16.2. The number of anilines is 2. The number of carbonyl (C=O) groups excluding carboxylic acids is 1. The standard InChI is InChI=1S/C13H24N6O2/c1-13(2,3)19(8-10(20)21-6)7-9-15-11(14)17-12(16-9)18(4)5/h7-8H2,1-6H3,(H2,14,15,16,17). The van der Waals surface area contributed by atoms with Gasteiger partial charge >= 0.3 is 5.97 Å². The van der Waals surface area contributed by atoms with Crippen molar-refractivity contribution in [1.29, 1.82) is 0 Å². The van der Waals surface area contributed by atoms with E-state index in [1.165, 1.54) is 7.11 Å². The number of nitrogens with two attached hydrogens (primary N) is 1. The number of hydrogen-bond acceptors (Lipinski definition) is 8. The summed E-state index contributed by atoms with van der Waals surface area (Å²) in [6, 6.07) is 0. The molecule has 0 saturated carbocycles. The van der Waals surface area contributed by atoms with E-state index in [-0.39, 0.29) is 24.0 Å². The van der Waals surface area contributed by atoms with Gasteiger partial charge in [-0.3, -0.25) is 9.69 Å². The van der Waals surface area contributed by atoms with Gasteiger partial charge in [-0.2, -0.15) is 15.0 Å². The summed E-state index contributed by atoms with van der Waals surface area (Å²) < 4.78 is 4.73. The van der Waals surface area contributed by atoms with Gasteiger partial charge in [-0.25, -0.2) is 0 Å². The zero-order valence-corrected chi connectivity index (χ0v) is 13.5. The fourth-order valence-electron chi connectivity index (χ4n) is 1.62. The van der Waals surface area contributed by atoms with E-state index >= 15 is 0 Å². The third kappa shape index (κ3) is 5.14. The average Bonchev–Trinajstić information content (AvgIpc) is 2.35. The van der Waals surface area contributed by atoms with E-state index in [1.54, 1.807) is 4.90 Å². The molecule has 1 rings (SSSR count). The van der Waals surface area contributed by atoms with Gasteiger partial charge in [0.1, 0.15) is 5.82 Å². The molecule has 21 heavy (non-hydrogen) atoms. The minimum atomic E-state index is -0.306. The highest BCUT2D eigenvalue weighted by Gasteiger charge is 2.25. The van der Waals surface area contributed by atoms with Gasteiger partial charge in [-0.1, -0.05) is 0 Å². The van der Waals surface area contributed by atoms with E-state index in [9.17, 15) is 4.79 Å². The van der Waals surface area contributed by atoms with Gasteiger partial charge in [0.25, 0.3) is 0 Å². The molecule has 0 saturated heterocycles. The lowest BCUT2D eigenvalue weighted by atomic mass is 10.1. The van der Waals surface area contributed by atoms with Crippen LogP contribution in [0, 0.1) is 0 Å². The molecule has 0 aliphatic rings. The van der Waals surface area contributed by atoms with Crippen molar-refractivity contribution < 1.29 is 9.53 Å². The lowest BCUT2D eigenvalue weighted by Gasteiger charge is -2.34. The van der Waals surface area contributed by atoms with Gasteiger partial charge in [0.05, 0.1) is 20.2 Å². The zero-order valence-electron chi connectivity index (χ0n) is 13.5. The summed E-state index contributed by atoms with van der Waals surface area (Å²) in [5.74, 6) is 0.866. The molecule has 0 aliphatic heterocycles. The molecular formula is C13H24N6O2. The van der Waals surface area contributed by atoms with E-state index in [0.29, 0.717) is 18.3 Å². The van der Waals surface area contributed by atoms with Gasteiger partial charge in [0, 0.05) is 19.6 Å². The normalized spacial score (nSPS) is 11.6. The Morgan fingerprint density at radius 3 is 2.33 bits per heavy atom. The average molecular weight is 296 g/mol. The van der Waals surface area contributed by atoms with Crippen molar-refractivity contribution in [2.45, 2.75) is 32.9 Å². The van der Waals surface area contributed by atoms with Crippen molar-refractivity contribution in [3.63, 3.8) is 0 Å². The second-order valence-electron chi connectivity index (χ2n) is 5.91. The highest BCUT2D eigenvalue weighted by atomic mass is 16.5. The number of carbonyl (C=O) groups is 1. The van der Waals surface area contributed by atoms with Crippen LogP contribution >= 0.6 is 0 Å². The highest BCUT2D eigenvalue weighted by Crippen LogP contribution is 2.17. The Balaban J connectivity index is 3.00. The molecular weight excluding hydrogens is 272 g/mol. The first-order valence-electron chi connectivity index (χ1n) is 6.63. The van der Waals surface area contributed by atoms with Crippen LogP contribution in [0.4, 0.5) is 11.9 Å². The minimum absolute atomic E-state index is 0.156. The molecule has 118 valence electrons. The SMILES string of the molecule is COC(=O)CN(Cc1nc(N)nc(N(C)C)n1)C(C)(C)C. The molecule has 0 radical (unpaired) electrons. The van der Waals surface area contributed by atoms with Gasteiger partial charge in [0.2, 0.25) is 11.9 Å². The minimum Gasteiger partial charge on any atom is -0.468 e. The molecule has 2 N–H and O–H groups in total. The van der Waals surface area contributed by atoms with Crippen molar-refractivity contribution in [2.75, 3.05) is 38.4 Å². The van der Waals surface area contributed by atoms with Gasteiger partial charge < -0.3 is 15.4 Å². The summed E-state index contributed by atoms with van der Waals surface area (Å²) in [5, 5.41) is 0. The van der Waals surface area contributed by atoms with Crippen molar-refractivity contribution in [3.05, 3.63) is 5.82 Å². The van der Waals surface area contributed by atoms with Crippen LogP contribution in [0.25, 0.3) is 0 Å². The summed E-state index contributed by atoms with van der Waals surface area (Å²) in [5.41, 5.74) is 5.47. The Hall–Kier alpha value is -1.96. The van der Waals surface area contributed by atoms with E-state index in [0.717, 1.165) is 0 Å². The molecule has 0 unspecified atom stereocenters. The molecule has 0 aliphatic carbocycles. The van der Waals surface area contributed by atoms with Crippen molar-refractivity contribution in [3.8, 4) is 0 Å². The molecule has 8 heteroatoms. The van der Waals surface area contributed by atoms with Crippen LogP contribution in [0.3, 0.4) is 0 Å². The topological polar surface area (TPSA) is 97.5 Å². The smallest absolute Gasteiger partial charge is 0.319 e. The number of rotatable bonds is 5. The molecule has 1 aromatic heterocycles. The molecule has 0 fully saturated rings. The summed E-state index contributed by atoms with van der Waals surface area (Å²) in [6.07, 6.45) is 0. The maximum atomic E-state index is 11.6. The van der Waals surface area contributed by atoms with Crippen LogP contribution in [0.5, 0.6) is 0 Å². The first kappa shape index (κ1) is 17.1. The summed E-state index contributed by atoms with van der Waals surface area (Å²) in [6.45, 7) is 6.56. The third-order valence-corrected chi connectivity index (χ3v) is 2.92. The van der Waals surface area contributed by atoms with E-state index in [4.69, 9.17) is 10.5 Å². The quantitative estimate of drug-likeness (QED) is 0.774. The summed E-state index contributed by atoms with van der Waals surface area (Å²) in [4.78, 5) is 27.8. The van der Waals surface area contributed by atoms with Gasteiger partial charge in [0.15, 0.2) is 0 Å². The first-order chi connectivity index (χ1) is 9.63. The second kappa shape index (κ2) is 6.66. The third-order valence-electron chi connectivity index (χ3n) is 2.92. The number of hydrogen-bond donors (Lipinski definition) is 1. The summed E-state index contributed by atoms with van der Waals surface area (Å²) in [7, 11) is 5.03. The molecule has 0 spiro atoms. The Morgan fingerprint density at radius 2 is 1.86 bits per heavy atom.